The van der Waals surface area contributed by atoms with E-state index in [1.54, 1.807) is 24.3 Å². The molecule has 118 valence electrons. The van der Waals surface area contributed by atoms with E-state index in [1.165, 1.54) is 12.4 Å². The highest BCUT2D eigenvalue weighted by Gasteiger charge is 2.27. The maximum Gasteiger partial charge on any atom is 0.411 e. The lowest BCUT2D eigenvalue weighted by Gasteiger charge is -2.07. The SMILES string of the molecule is O=C(Nc1cnn(COCC(F)(F)F)c1)c1ccccc1Br. The van der Waals surface area contributed by atoms with Crippen LogP contribution in [-0.2, 0) is 11.5 Å². The Balaban J connectivity index is 1.92. The topological polar surface area (TPSA) is 56.2 Å². The molecule has 22 heavy (non-hydrogen) atoms. The van der Waals surface area contributed by atoms with E-state index in [0.717, 1.165) is 4.68 Å². The number of carbonyl (C=O) groups is 1. The first-order chi connectivity index (χ1) is 10.3. The van der Waals surface area contributed by atoms with Crippen LogP contribution in [0.3, 0.4) is 0 Å². The van der Waals surface area contributed by atoms with Crippen molar-refractivity contribution >= 4 is 27.5 Å². The zero-order valence-corrected chi connectivity index (χ0v) is 12.7. The largest absolute Gasteiger partial charge is 0.411 e. The summed E-state index contributed by atoms with van der Waals surface area (Å²) in [5.74, 6) is -0.358. The molecule has 2 aromatic rings. The number of nitrogens with zero attached hydrogens (tertiary/aromatic N) is 2. The number of alkyl halides is 3. The Kier molecular flexibility index (Phi) is 5.19. The van der Waals surface area contributed by atoms with Gasteiger partial charge in [0.05, 0.1) is 23.6 Å². The van der Waals surface area contributed by atoms with Gasteiger partial charge in [-0.15, -0.1) is 0 Å². The van der Waals surface area contributed by atoms with Crippen LogP contribution in [0.5, 0.6) is 0 Å². The summed E-state index contributed by atoms with van der Waals surface area (Å²) in [4.78, 5) is 12.0. The molecule has 5 nitrogen and oxygen atoms in total. The molecular weight excluding hydrogens is 367 g/mol. The van der Waals surface area contributed by atoms with Crippen molar-refractivity contribution in [1.29, 1.82) is 0 Å². The van der Waals surface area contributed by atoms with Crippen LogP contribution in [0, 0.1) is 0 Å². The van der Waals surface area contributed by atoms with E-state index in [9.17, 15) is 18.0 Å². The Labute approximate surface area is 132 Å². The molecule has 0 aliphatic heterocycles. The van der Waals surface area contributed by atoms with E-state index in [2.05, 4.69) is 31.1 Å². The van der Waals surface area contributed by atoms with Crippen molar-refractivity contribution < 1.29 is 22.7 Å². The molecule has 0 spiro atoms. The number of anilines is 1. The molecule has 1 aromatic heterocycles. The summed E-state index contributed by atoms with van der Waals surface area (Å²) in [6, 6.07) is 6.85. The Morgan fingerprint density at radius 2 is 2.09 bits per heavy atom. The molecule has 1 aromatic carbocycles. The molecule has 0 fully saturated rings. The summed E-state index contributed by atoms with van der Waals surface area (Å²) in [5.41, 5.74) is 0.792. The molecule has 2 rings (SSSR count). The van der Waals surface area contributed by atoms with Crippen LogP contribution in [0.2, 0.25) is 0 Å². The highest BCUT2D eigenvalue weighted by atomic mass is 79.9. The maximum atomic E-state index is 12.0. The molecule has 1 N–H and O–H groups in total. The number of ether oxygens (including phenoxy) is 1. The number of amides is 1. The second-order valence-corrected chi connectivity index (χ2v) is 5.15. The first-order valence-corrected chi connectivity index (χ1v) is 6.87. The third-order valence-corrected chi connectivity index (χ3v) is 3.19. The molecular formula is C13H11BrF3N3O2. The van der Waals surface area contributed by atoms with E-state index in [0.29, 0.717) is 15.7 Å². The fraction of sp³-hybridized carbons (Fsp3) is 0.231. The first-order valence-electron chi connectivity index (χ1n) is 6.08. The van der Waals surface area contributed by atoms with Crippen LogP contribution in [0.15, 0.2) is 41.1 Å². The molecule has 0 aliphatic rings. The number of hydrogen-bond acceptors (Lipinski definition) is 3. The molecule has 0 atom stereocenters. The van der Waals surface area contributed by atoms with Gasteiger partial charge >= 0.3 is 6.18 Å². The summed E-state index contributed by atoms with van der Waals surface area (Å²) in [6.45, 7) is -1.71. The summed E-state index contributed by atoms with van der Waals surface area (Å²) in [6.07, 6.45) is -1.68. The second-order valence-electron chi connectivity index (χ2n) is 4.30. The fourth-order valence-electron chi connectivity index (χ4n) is 1.60. The van der Waals surface area contributed by atoms with E-state index < -0.39 is 12.8 Å². The molecule has 1 heterocycles. The van der Waals surface area contributed by atoms with Crippen molar-refractivity contribution in [1.82, 2.24) is 9.78 Å². The first kappa shape index (κ1) is 16.5. The minimum atomic E-state index is -4.39. The van der Waals surface area contributed by atoms with E-state index in [4.69, 9.17) is 0 Å². The van der Waals surface area contributed by atoms with Gasteiger partial charge < -0.3 is 10.1 Å². The summed E-state index contributed by atoms with van der Waals surface area (Å²) < 4.78 is 42.1. The van der Waals surface area contributed by atoms with Crippen molar-refractivity contribution in [2.45, 2.75) is 12.9 Å². The number of hydrogen-bond donors (Lipinski definition) is 1. The van der Waals surface area contributed by atoms with Crippen LogP contribution in [0.4, 0.5) is 18.9 Å². The number of halogens is 4. The zero-order valence-electron chi connectivity index (χ0n) is 11.1. The van der Waals surface area contributed by atoms with Crippen molar-refractivity contribution in [3.8, 4) is 0 Å². The fourth-order valence-corrected chi connectivity index (χ4v) is 2.06. The van der Waals surface area contributed by atoms with Gasteiger partial charge in [0.15, 0.2) is 0 Å². The monoisotopic (exact) mass is 377 g/mol. The average molecular weight is 378 g/mol. The highest BCUT2D eigenvalue weighted by Crippen LogP contribution is 2.18. The van der Waals surface area contributed by atoms with Gasteiger partial charge in [0, 0.05) is 4.47 Å². The number of carbonyl (C=O) groups excluding carboxylic acids is 1. The number of nitrogens with one attached hydrogen (secondary N) is 1. The molecule has 9 heteroatoms. The lowest BCUT2D eigenvalue weighted by Crippen LogP contribution is -2.18. The van der Waals surface area contributed by atoms with Crippen molar-refractivity contribution in [2.24, 2.45) is 0 Å². The predicted molar refractivity (Wildman–Crippen MR) is 76.3 cm³/mol. The maximum absolute atomic E-state index is 12.0. The van der Waals surface area contributed by atoms with Crippen molar-refractivity contribution in [3.63, 3.8) is 0 Å². The Hall–Kier alpha value is -1.87. The summed E-state index contributed by atoms with van der Waals surface area (Å²) >= 11 is 3.26. The smallest absolute Gasteiger partial charge is 0.350 e. The van der Waals surface area contributed by atoms with Gasteiger partial charge in [0.2, 0.25) is 0 Å². The van der Waals surface area contributed by atoms with Crippen LogP contribution >= 0.6 is 15.9 Å². The normalized spacial score (nSPS) is 11.5. The van der Waals surface area contributed by atoms with E-state index in [-0.39, 0.29) is 12.6 Å². The lowest BCUT2D eigenvalue weighted by molar-refractivity contribution is -0.182. The molecule has 0 radical (unpaired) electrons. The molecule has 0 aliphatic carbocycles. The van der Waals surface area contributed by atoms with Gasteiger partial charge in [0.1, 0.15) is 13.3 Å². The zero-order chi connectivity index (χ0) is 16.2. The third kappa shape index (κ3) is 4.85. The standard InChI is InChI=1S/C13H11BrF3N3O2/c14-11-4-2-1-3-10(11)12(21)19-9-5-18-20(6-9)8-22-7-13(15,16)17/h1-6H,7-8H2,(H,19,21). The summed E-state index contributed by atoms with van der Waals surface area (Å²) in [5, 5.41) is 6.40. The molecule has 0 unspecified atom stereocenters. The minimum absolute atomic E-state index is 0.357. The van der Waals surface area contributed by atoms with Gasteiger partial charge in [-0.25, -0.2) is 4.68 Å². The average Bonchev–Trinajstić information content (AvgIpc) is 2.85. The lowest BCUT2D eigenvalue weighted by atomic mass is 10.2. The van der Waals surface area contributed by atoms with Gasteiger partial charge in [-0.05, 0) is 28.1 Å². The molecule has 1 amide bonds. The number of benzene rings is 1. The number of aromatic nitrogens is 2. The van der Waals surface area contributed by atoms with Crippen LogP contribution in [-0.4, -0.2) is 28.5 Å². The van der Waals surface area contributed by atoms with Crippen LogP contribution in [0.1, 0.15) is 10.4 Å². The van der Waals surface area contributed by atoms with Gasteiger partial charge in [-0.3, -0.25) is 4.79 Å². The molecule has 0 saturated carbocycles. The van der Waals surface area contributed by atoms with E-state index >= 15 is 0 Å². The van der Waals surface area contributed by atoms with E-state index in [1.807, 2.05) is 0 Å². The quantitative estimate of drug-likeness (QED) is 0.868. The van der Waals surface area contributed by atoms with Gasteiger partial charge in [-0.1, -0.05) is 12.1 Å². The van der Waals surface area contributed by atoms with Gasteiger partial charge in [0.25, 0.3) is 5.91 Å². The third-order valence-electron chi connectivity index (χ3n) is 2.50. The molecule has 0 bridgehead atoms. The molecule has 0 saturated heterocycles. The Bertz CT molecular complexity index is 658. The van der Waals surface area contributed by atoms with Crippen molar-refractivity contribution in [3.05, 3.63) is 46.7 Å². The number of rotatable bonds is 5. The van der Waals surface area contributed by atoms with Gasteiger partial charge in [-0.2, -0.15) is 18.3 Å². The predicted octanol–water partition coefficient (Wildman–Crippen LogP) is 3.43. The Morgan fingerprint density at radius 1 is 1.36 bits per heavy atom. The second kappa shape index (κ2) is 6.93. The summed E-state index contributed by atoms with van der Waals surface area (Å²) in [7, 11) is 0. The van der Waals surface area contributed by atoms with Crippen LogP contribution in [0.25, 0.3) is 0 Å². The highest BCUT2D eigenvalue weighted by molar-refractivity contribution is 9.10. The van der Waals surface area contributed by atoms with Crippen molar-refractivity contribution in [2.75, 3.05) is 11.9 Å². The van der Waals surface area contributed by atoms with Crippen LogP contribution < -0.4 is 5.32 Å². The minimum Gasteiger partial charge on any atom is -0.350 e. The Morgan fingerprint density at radius 3 is 2.77 bits per heavy atom.